The number of nitrogens with one attached hydrogen (secondary N) is 1. The number of hydrogen-bond acceptors (Lipinski definition) is 4. The SMILES string of the molecule is CC(C)Oc1ccc(/C=N\NC(=O)COc2ccc(Cl)cc2)cc1. The lowest BCUT2D eigenvalue weighted by atomic mass is 10.2. The Kier molecular flexibility index (Phi) is 6.63. The number of hydrogen-bond donors (Lipinski definition) is 1. The van der Waals surface area contributed by atoms with Gasteiger partial charge in [0.05, 0.1) is 12.3 Å². The molecule has 0 aliphatic rings. The summed E-state index contributed by atoms with van der Waals surface area (Å²) in [6.07, 6.45) is 1.68. The third kappa shape index (κ3) is 6.30. The van der Waals surface area contributed by atoms with Crippen molar-refractivity contribution < 1.29 is 14.3 Å². The molecule has 0 saturated heterocycles. The monoisotopic (exact) mass is 346 g/mol. The molecule has 0 aliphatic heterocycles. The highest BCUT2D eigenvalue weighted by Gasteiger charge is 2.01. The van der Waals surface area contributed by atoms with E-state index in [4.69, 9.17) is 21.1 Å². The molecule has 2 aromatic carbocycles. The van der Waals surface area contributed by atoms with Crippen molar-refractivity contribution in [2.24, 2.45) is 5.10 Å². The van der Waals surface area contributed by atoms with Gasteiger partial charge in [-0.25, -0.2) is 5.43 Å². The number of amides is 1. The lowest BCUT2D eigenvalue weighted by molar-refractivity contribution is -0.123. The molecule has 0 saturated carbocycles. The Morgan fingerprint density at radius 1 is 1.12 bits per heavy atom. The Morgan fingerprint density at radius 3 is 2.38 bits per heavy atom. The molecule has 2 rings (SSSR count). The van der Waals surface area contributed by atoms with E-state index in [-0.39, 0.29) is 18.6 Å². The van der Waals surface area contributed by atoms with Gasteiger partial charge in [0.2, 0.25) is 0 Å². The molecule has 0 heterocycles. The first kappa shape index (κ1) is 17.8. The van der Waals surface area contributed by atoms with E-state index < -0.39 is 0 Å². The smallest absolute Gasteiger partial charge is 0.277 e. The molecule has 24 heavy (non-hydrogen) atoms. The van der Waals surface area contributed by atoms with E-state index in [1.54, 1.807) is 30.5 Å². The molecule has 6 heteroatoms. The Balaban J connectivity index is 1.76. The lowest BCUT2D eigenvalue weighted by Gasteiger charge is -2.09. The van der Waals surface area contributed by atoms with Gasteiger partial charge in [0, 0.05) is 5.02 Å². The fourth-order valence-electron chi connectivity index (χ4n) is 1.80. The van der Waals surface area contributed by atoms with Crippen molar-refractivity contribution in [3.63, 3.8) is 0 Å². The van der Waals surface area contributed by atoms with Crippen LogP contribution >= 0.6 is 11.6 Å². The predicted molar refractivity (Wildman–Crippen MR) is 94.9 cm³/mol. The van der Waals surface area contributed by atoms with Crippen LogP contribution in [0.15, 0.2) is 53.6 Å². The highest BCUT2D eigenvalue weighted by molar-refractivity contribution is 6.30. The molecule has 0 aromatic heterocycles. The predicted octanol–water partition coefficient (Wildman–Crippen LogP) is 3.66. The van der Waals surface area contributed by atoms with Crippen LogP contribution in [0, 0.1) is 0 Å². The van der Waals surface area contributed by atoms with Gasteiger partial charge in [-0.3, -0.25) is 4.79 Å². The number of carbonyl (C=O) groups is 1. The maximum atomic E-state index is 11.7. The van der Waals surface area contributed by atoms with Crippen molar-refractivity contribution in [3.8, 4) is 11.5 Å². The number of benzene rings is 2. The van der Waals surface area contributed by atoms with Crippen LogP contribution in [0.3, 0.4) is 0 Å². The summed E-state index contributed by atoms with van der Waals surface area (Å²) in [7, 11) is 0. The molecule has 0 atom stereocenters. The minimum absolute atomic E-state index is 0.125. The van der Waals surface area contributed by atoms with Gasteiger partial charge in [0.15, 0.2) is 6.61 Å². The summed E-state index contributed by atoms with van der Waals surface area (Å²) in [4.78, 5) is 11.7. The fraction of sp³-hybridized carbons (Fsp3) is 0.222. The normalized spacial score (nSPS) is 10.8. The van der Waals surface area contributed by atoms with Gasteiger partial charge in [-0.05, 0) is 67.9 Å². The first-order chi connectivity index (χ1) is 11.5. The summed E-state index contributed by atoms with van der Waals surface area (Å²) in [5, 5.41) is 4.50. The second-order valence-electron chi connectivity index (χ2n) is 5.27. The average molecular weight is 347 g/mol. The van der Waals surface area contributed by atoms with Crippen molar-refractivity contribution in [1.29, 1.82) is 0 Å². The minimum atomic E-state index is -0.346. The summed E-state index contributed by atoms with van der Waals surface area (Å²) < 4.78 is 10.9. The first-order valence-electron chi connectivity index (χ1n) is 7.50. The third-order valence-electron chi connectivity index (χ3n) is 2.84. The lowest BCUT2D eigenvalue weighted by Crippen LogP contribution is -2.24. The standard InChI is InChI=1S/C18H19ClN2O3/c1-13(2)24-17-7-3-14(4-8-17)11-20-21-18(22)12-23-16-9-5-15(19)6-10-16/h3-11,13H,12H2,1-2H3,(H,21,22)/b20-11-. The molecule has 1 amide bonds. The molecule has 0 aliphatic carbocycles. The van der Waals surface area contributed by atoms with Gasteiger partial charge in [0.25, 0.3) is 5.91 Å². The van der Waals surface area contributed by atoms with Crippen molar-refractivity contribution in [2.75, 3.05) is 6.61 Å². The third-order valence-corrected chi connectivity index (χ3v) is 3.09. The Morgan fingerprint density at radius 2 is 1.75 bits per heavy atom. The average Bonchev–Trinajstić information content (AvgIpc) is 2.55. The van der Waals surface area contributed by atoms with Gasteiger partial charge < -0.3 is 9.47 Å². The van der Waals surface area contributed by atoms with Crippen LogP contribution in [0.4, 0.5) is 0 Å². The van der Waals surface area contributed by atoms with E-state index in [0.29, 0.717) is 10.8 Å². The first-order valence-corrected chi connectivity index (χ1v) is 7.88. The van der Waals surface area contributed by atoms with Crippen LogP contribution in [0.2, 0.25) is 5.02 Å². The van der Waals surface area contributed by atoms with Crippen molar-refractivity contribution in [2.45, 2.75) is 20.0 Å². The van der Waals surface area contributed by atoms with E-state index >= 15 is 0 Å². The number of nitrogens with zero attached hydrogens (tertiary/aromatic N) is 1. The number of rotatable bonds is 7. The van der Waals surface area contributed by atoms with Crippen LogP contribution in [0.25, 0.3) is 0 Å². The van der Waals surface area contributed by atoms with Crippen LogP contribution < -0.4 is 14.9 Å². The van der Waals surface area contributed by atoms with E-state index in [1.807, 2.05) is 38.1 Å². The van der Waals surface area contributed by atoms with Crippen molar-refractivity contribution >= 4 is 23.7 Å². The van der Waals surface area contributed by atoms with E-state index in [0.717, 1.165) is 11.3 Å². The van der Waals surface area contributed by atoms with Gasteiger partial charge in [-0.1, -0.05) is 11.6 Å². The second-order valence-corrected chi connectivity index (χ2v) is 5.71. The number of ether oxygens (including phenoxy) is 2. The van der Waals surface area contributed by atoms with Gasteiger partial charge in [-0.2, -0.15) is 5.10 Å². The molecule has 126 valence electrons. The van der Waals surface area contributed by atoms with E-state index in [2.05, 4.69) is 10.5 Å². The molecule has 0 radical (unpaired) electrons. The molecular formula is C18H19ClN2O3. The number of halogens is 1. The van der Waals surface area contributed by atoms with E-state index in [1.165, 1.54) is 0 Å². The van der Waals surface area contributed by atoms with Crippen molar-refractivity contribution in [3.05, 3.63) is 59.1 Å². The summed E-state index contributed by atoms with van der Waals surface area (Å²) in [5.41, 5.74) is 3.26. The van der Waals surface area contributed by atoms with Gasteiger partial charge in [-0.15, -0.1) is 0 Å². The molecule has 1 N–H and O–H groups in total. The summed E-state index contributed by atoms with van der Waals surface area (Å²) >= 11 is 5.77. The maximum absolute atomic E-state index is 11.7. The zero-order chi connectivity index (χ0) is 17.4. The van der Waals surface area contributed by atoms with Crippen molar-refractivity contribution in [1.82, 2.24) is 5.43 Å². The summed E-state index contributed by atoms with van der Waals surface area (Å²) in [6.45, 7) is 3.81. The quantitative estimate of drug-likeness (QED) is 0.615. The molecular weight excluding hydrogens is 328 g/mol. The molecule has 2 aromatic rings. The highest BCUT2D eigenvalue weighted by Crippen LogP contribution is 2.15. The zero-order valence-corrected chi connectivity index (χ0v) is 14.3. The number of carbonyl (C=O) groups excluding carboxylic acids is 1. The van der Waals surface area contributed by atoms with Gasteiger partial charge in [0.1, 0.15) is 11.5 Å². The van der Waals surface area contributed by atoms with Gasteiger partial charge >= 0.3 is 0 Å². The minimum Gasteiger partial charge on any atom is -0.491 e. The van der Waals surface area contributed by atoms with E-state index in [9.17, 15) is 4.79 Å². The molecule has 0 fully saturated rings. The topological polar surface area (TPSA) is 59.9 Å². The Hall–Kier alpha value is -2.53. The molecule has 0 bridgehead atoms. The van der Waals surface area contributed by atoms with Crippen LogP contribution in [-0.2, 0) is 4.79 Å². The van der Waals surface area contributed by atoms with Crippen LogP contribution in [0.1, 0.15) is 19.4 Å². The highest BCUT2D eigenvalue weighted by atomic mass is 35.5. The largest absolute Gasteiger partial charge is 0.491 e. The summed E-state index contributed by atoms with van der Waals surface area (Å²) in [6, 6.07) is 14.2. The maximum Gasteiger partial charge on any atom is 0.277 e. The molecule has 0 spiro atoms. The summed E-state index contributed by atoms with van der Waals surface area (Å²) in [5.74, 6) is 1.02. The second kappa shape index (κ2) is 8.93. The molecule has 5 nitrogen and oxygen atoms in total. The Bertz CT molecular complexity index is 682. The molecule has 0 unspecified atom stereocenters. The zero-order valence-electron chi connectivity index (χ0n) is 13.5. The van der Waals surface area contributed by atoms with Crippen LogP contribution in [0.5, 0.6) is 11.5 Å². The fourth-order valence-corrected chi connectivity index (χ4v) is 1.92. The van der Waals surface area contributed by atoms with Crippen LogP contribution in [-0.4, -0.2) is 24.8 Å². The number of hydrazone groups is 1. The Labute approximate surface area is 146 Å².